The van der Waals surface area contributed by atoms with Crippen molar-refractivity contribution < 1.29 is 4.79 Å². The highest BCUT2D eigenvalue weighted by molar-refractivity contribution is 7.22. The van der Waals surface area contributed by atoms with E-state index in [-0.39, 0.29) is 6.04 Å². The molecule has 7 heteroatoms. The van der Waals surface area contributed by atoms with Gasteiger partial charge in [0.15, 0.2) is 5.13 Å². The van der Waals surface area contributed by atoms with Gasteiger partial charge in [-0.3, -0.25) is 4.79 Å². The molecule has 0 aliphatic carbocycles. The molecule has 126 valence electrons. The summed E-state index contributed by atoms with van der Waals surface area (Å²) in [7, 11) is 4.21. The zero-order valence-electron chi connectivity index (χ0n) is 14.0. The third kappa shape index (κ3) is 3.18. The van der Waals surface area contributed by atoms with E-state index in [0.717, 1.165) is 16.6 Å². The van der Waals surface area contributed by atoms with Crippen LogP contribution in [0.25, 0.3) is 10.2 Å². The number of anilines is 1. The summed E-state index contributed by atoms with van der Waals surface area (Å²) in [6.07, 6.45) is 7.37. The minimum atomic E-state index is 0.168. The van der Waals surface area contributed by atoms with Gasteiger partial charge in [-0.2, -0.15) is 0 Å². The van der Waals surface area contributed by atoms with Crippen LogP contribution in [0.2, 0.25) is 0 Å². The summed E-state index contributed by atoms with van der Waals surface area (Å²) in [6.45, 7) is 2.20. The van der Waals surface area contributed by atoms with Crippen molar-refractivity contribution >= 4 is 33.1 Å². The molecule has 0 bridgehead atoms. The lowest BCUT2D eigenvalue weighted by Crippen LogP contribution is -2.36. The SMILES string of the molecule is CCC(C(c1ccc2nc(NC=O)sc2c1)n1ccnc1)N(C)C. The number of likely N-dealkylation sites (N-methyl/N-ethyl adjacent to an activating group) is 1. The van der Waals surface area contributed by atoms with Crippen LogP contribution < -0.4 is 5.32 Å². The lowest BCUT2D eigenvalue weighted by molar-refractivity contribution is -0.105. The molecule has 2 heterocycles. The van der Waals surface area contributed by atoms with E-state index in [9.17, 15) is 4.79 Å². The molecule has 3 aromatic rings. The first kappa shape index (κ1) is 16.6. The number of carbonyl (C=O) groups excluding carboxylic acids is 1. The lowest BCUT2D eigenvalue weighted by Gasteiger charge is -2.33. The number of carbonyl (C=O) groups is 1. The highest BCUT2D eigenvalue weighted by atomic mass is 32.1. The van der Waals surface area contributed by atoms with Gasteiger partial charge < -0.3 is 14.8 Å². The molecule has 6 nitrogen and oxygen atoms in total. The van der Waals surface area contributed by atoms with Crippen LogP contribution >= 0.6 is 11.3 Å². The number of thiazole rings is 1. The molecule has 2 unspecified atom stereocenters. The van der Waals surface area contributed by atoms with Crippen LogP contribution in [-0.2, 0) is 4.79 Å². The number of nitrogens with one attached hydrogen (secondary N) is 1. The Morgan fingerprint density at radius 2 is 2.25 bits per heavy atom. The van der Waals surface area contributed by atoms with Crippen molar-refractivity contribution in [3.8, 4) is 0 Å². The van der Waals surface area contributed by atoms with E-state index in [1.54, 1.807) is 0 Å². The molecule has 0 saturated heterocycles. The summed E-state index contributed by atoms with van der Waals surface area (Å²) >= 11 is 1.49. The minimum Gasteiger partial charge on any atom is -0.328 e. The number of nitrogens with zero attached hydrogens (tertiary/aromatic N) is 4. The fourth-order valence-corrected chi connectivity index (χ4v) is 4.01. The third-order valence-corrected chi connectivity index (χ3v) is 5.18. The first-order valence-electron chi connectivity index (χ1n) is 7.88. The van der Waals surface area contributed by atoms with Gasteiger partial charge in [0.25, 0.3) is 0 Å². The Morgan fingerprint density at radius 3 is 2.88 bits per heavy atom. The molecule has 1 N–H and O–H groups in total. The van der Waals surface area contributed by atoms with E-state index in [1.165, 1.54) is 16.9 Å². The maximum atomic E-state index is 10.6. The van der Waals surface area contributed by atoms with Gasteiger partial charge in [0.1, 0.15) is 0 Å². The smallest absolute Gasteiger partial charge is 0.213 e. The molecule has 0 radical (unpaired) electrons. The highest BCUT2D eigenvalue weighted by Crippen LogP contribution is 2.32. The van der Waals surface area contributed by atoms with E-state index in [2.05, 4.69) is 57.9 Å². The normalized spacial score (nSPS) is 14.0. The zero-order chi connectivity index (χ0) is 17.1. The van der Waals surface area contributed by atoms with Crippen molar-refractivity contribution in [3.05, 3.63) is 42.5 Å². The Labute approximate surface area is 145 Å². The van der Waals surface area contributed by atoms with Gasteiger partial charge in [-0.05, 0) is 38.2 Å². The molecule has 0 aliphatic heterocycles. The van der Waals surface area contributed by atoms with E-state index in [1.807, 2.05) is 24.8 Å². The quantitative estimate of drug-likeness (QED) is 0.670. The number of aromatic nitrogens is 3. The second-order valence-electron chi connectivity index (χ2n) is 5.90. The maximum absolute atomic E-state index is 10.6. The van der Waals surface area contributed by atoms with E-state index >= 15 is 0 Å². The first-order valence-corrected chi connectivity index (χ1v) is 8.70. The summed E-state index contributed by atoms with van der Waals surface area (Å²) in [6, 6.07) is 6.81. The lowest BCUT2D eigenvalue weighted by atomic mass is 9.96. The molecule has 0 saturated carbocycles. The van der Waals surface area contributed by atoms with E-state index in [0.29, 0.717) is 17.6 Å². The van der Waals surface area contributed by atoms with Gasteiger partial charge in [-0.25, -0.2) is 9.97 Å². The van der Waals surface area contributed by atoms with Crippen molar-refractivity contribution in [3.63, 3.8) is 0 Å². The van der Waals surface area contributed by atoms with Gasteiger partial charge in [-0.1, -0.05) is 24.3 Å². The molecule has 24 heavy (non-hydrogen) atoms. The molecule has 0 fully saturated rings. The predicted molar refractivity (Wildman–Crippen MR) is 97.4 cm³/mol. The number of rotatable bonds is 7. The Morgan fingerprint density at radius 1 is 1.42 bits per heavy atom. The van der Waals surface area contributed by atoms with Gasteiger partial charge in [0, 0.05) is 18.4 Å². The van der Waals surface area contributed by atoms with Gasteiger partial charge >= 0.3 is 0 Å². The predicted octanol–water partition coefficient (Wildman–Crippen LogP) is 2.99. The standard InChI is InChI=1S/C17H21N5OS/c1-4-14(21(2)3)16(22-8-7-18-10-22)12-5-6-13-15(9-12)24-17(20-13)19-11-23/h5-11,14,16H,4H2,1-3H3,(H,19,20,23). The van der Waals surface area contributed by atoms with Crippen LogP contribution in [0, 0.1) is 0 Å². The Hall–Kier alpha value is -2.25. The number of hydrogen-bond acceptors (Lipinski definition) is 5. The average Bonchev–Trinajstić information content (AvgIpc) is 3.20. The largest absolute Gasteiger partial charge is 0.328 e. The molecular weight excluding hydrogens is 322 g/mol. The van der Waals surface area contributed by atoms with Crippen LogP contribution in [0.1, 0.15) is 24.9 Å². The van der Waals surface area contributed by atoms with Crippen LogP contribution in [0.5, 0.6) is 0 Å². The summed E-state index contributed by atoms with van der Waals surface area (Å²) < 4.78 is 3.22. The highest BCUT2D eigenvalue weighted by Gasteiger charge is 2.25. The molecule has 2 aromatic heterocycles. The number of imidazole rings is 1. The van der Waals surface area contributed by atoms with Crippen LogP contribution in [0.3, 0.4) is 0 Å². The van der Waals surface area contributed by atoms with Crippen molar-refractivity contribution in [1.29, 1.82) is 0 Å². The van der Waals surface area contributed by atoms with Crippen molar-refractivity contribution in [1.82, 2.24) is 19.4 Å². The Balaban J connectivity index is 2.06. The van der Waals surface area contributed by atoms with Gasteiger partial charge in [-0.15, -0.1) is 0 Å². The summed E-state index contributed by atoms with van der Waals surface area (Å²) in [4.78, 5) is 21.5. The fourth-order valence-electron chi connectivity index (χ4n) is 3.14. The minimum absolute atomic E-state index is 0.168. The van der Waals surface area contributed by atoms with Crippen LogP contribution in [0.15, 0.2) is 36.9 Å². The molecule has 3 rings (SSSR count). The zero-order valence-corrected chi connectivity index (χ0v) is 14.8. The Kier molecular flexibility index (Phi) is 4.92. The van der Waals surface area contributed by atoms with Crippen LogP contribution in [0.4, 0.5) is 5.13 Å². The molecular formula is C17H21N5OS. The molecule has 2 atom stereocenters. The number of benzene rings is 1. The summed E-state index contributed by atoms with van der Waals surface area (Å²) in [5.41, 5.74) is 2.11. The number of hydrogen-bond donors (Lipinski definition) is 1. The second kappa shape index (κ2) is 7.11. The van der Waals surface area contributed by atoms with E-state index in [4.69, 9.17) is 0 Å². The molecule has 0 spiro atoms. The third-order valence-electron chi connectivity index (χ3n) is 4.23. The fraction of sp³-hybridized carbons (Fsp3) is 0.353. The maximum Gasteiger partial charge on any atom is 0.213 e. The summed E-state index contributed by atoms with van der Waals surface area (Å²) in [5, 5.41) is 3.25. The summed E-state index contributed by atoms with van der Waals surface area (Å²) in [5.74, 6) is 0. The van der Waals surface area contributed by atoms with Gasteiger partial charge in [0.2, 0.25) is 6.41 Å². The second-order valence-corrected chi connectivity index (χ2v) is 6.93. The van der Waals surface area contributed by atoms with Crippen LogP contribution in [-0.4, -0.2) is 46.0 Å². The molecule has 0 aliphatic rings. The topological polar surface area (TPSA) is 63.1 Å². The number of amides is 1. The average molecular weight is 343 g/mol. The Bertz CT molecular complexity index is 812. The first-order chi connectivity index (χ1) is 11.6. The van der Waals surface area contributed by atoms with Gasteiger partial charge in [0.05, 0.1) is 22.6 Å². The van der Waals surface area contributed by atoms with Crippen molar-refractivity contribution in [2.75, 3.05) is 19.4 Å². The molecule has 1 amide bonds. The molecule has 1 aromatic carbocycles. The van der Waals surface area contributed by atoms with Crippen molar-refractivity contribution in [2.45, 2.75) is 25.4 Å². The monoisotopic (exact) mass is 343 g/mol. The van der Waals surface area contributed by atoms with Crippen molar-refractivity contribution in [2.24, 2.45) is 0 Å². The number of fused-ring (bicyclic) bond motifs is 1. The van der Waals surface area contributed by atoms with E-state index < -0.39 is 0 Å².